The number of carbonyl (C=O) groups is 2. The van der Waals surface area contributed by atoms with Gasteiger partial charge in [-0.05, 0) is 25.1 Å². The molecule has 126 valence electrons. The third-order valence-electron chi connectivity index (χ3n) is 3.20. The summed E-state index contributed by atoms with van der Waals surface area (Å²) in [5.41, 5.74) is 0.830. The lowest BCUT2D eigenvalue weighted by Gasteiger charge is -2.18. The van der Waals surface area contributed by atoms with Gasteiger partial charge >= 0.3 is 0 Å². The van der Waals surface area contributed by atoms with E-state index in [2.05, 4.69) is 20.6 Å². The number of amides is 2. The Hall–Kier alpha value is -2.47. The Bertz CT molecular complexity index is 767. The van der Waals surface area contributed by atoms with Crippen molar-refractivity contribution in [2.75, 3.05) is 10.6 Å². The number of hydrogen-bond donors (Lipinski definition) is 2. The van der Waals surface area contributed by atoms with Crippen molar-refractivity contribution in [3.63, 3.8) is 0 Å². The maximum Gasteiger partial charge on any atom is 0.258 e. The molecular weight excluding hydrogens is 328 g/mol. The van der Waals surface area contributed by atoms with Crippen molar-refractivity contribution in [3.8, 4) is 0 Å². The van der Waals surface area contributed by atoms with Crippen LogP contribution in [0.15, 0.2) is 30.6 Å². The average Bonchev–Trinajstić information content (AvgIpc) is 2.49. The molecule has 6 nitrogen and oxygen atoms in total. The van der Waals surface area contributed by atoms with Gasteiger partial charge in [-0.15, -0.1) is 0 Å². The first-order valence-corrected chi connectivity index (χ1v) is 7.75. The standard InChI is InChI=1S/C17H19ClN4O2/c1-10-19-8-11(9-20-10)15(23)21-12-5-6-14(13(18)7-12)22-16(24)17(2,3)4/h5-9H,1-4H3,(H,21,23)(H,22,24). The third kappa shape index (κ3) is 4.52. The maximum absolute atomic E-state index is 12.1. The number of rotatable bonds is 3. The van der Waals surface area contributed by atoms with E-state index in [-0.39, 0.29) is 11.8 Å². The minimum Gasteiger partial charge on any atom is -0.324 e. The molecule has 0 aliphatic carbocycles. The van der Waals surface area contributed by atoms with Crippen molar-refractivity contribution in [3.05, 3.63) is 47.0 Å². The van der Waals surface area contributed by atoms with Crippen molar-refractivity contribution in [2.45, 2.75) is 27.7 Å². The molecule has 1 aromatic carbocycles. The summed E-state index contributed by atoms with van der Waals surface area (Å²) in [6, 6.07) is 4.89. The van der Waals surface area contributed by atoms with Gasteiger partial charge in [0.05, 0.1) is 16.3 Å². The van der Waals surface area contributed by atoms with Gasteiger partial charge < -0.3 is 10.6 Å². The number of anilines is 2. The van der Waals surface area contributed by atoms with Crippen LogP contribution in [0.5, 0.6) is 0 Å². The number of aryl methyl sites for hydroxylation is 1. The van der Waals surface area contributed by atoms with Gasteiger partial charge in [0.1, 0.15) is 5.82 Å². The van der Waals surface area contributed by atoms with Crippen LogP contribution >= 0.6 is 11.6 Å². The molecule has 0 aliphatic rings. The van der Waals surface area contributed by atoms with Crippen LogP contribution < -0.4 is 10.6 Å². The van der Waals surface area contributed by atoms with E-state index in [4.69, 9.17) is 11.6 Å². The molecular formula is C17H19ClN4O2. The highest BCUT2D eigenvalue weighted by molar-refractivity contribution is 6.34. The minimum absolute atomic E-state index is 0.141. The molecule has 7 heteroatoms. The van der Waals surface area contributed by atoms with E-state index in [0.29, 0.717) is 27.8 Å². The summed E-state index contributed by atoms with van der Waals surface area (Å²) in [5.74, 6) is 0.115. The molecule has 1 heterocycles. The number of halogens is 1. The Morgan fingerprint density at radius 2 is 1.71 bits per heavy atom. The number of carbonyl (C=O) groups excluding carboxylic acids is 2. The molecule has 2 N–H and O–H groups in total. The average molecular weight is 347 g/mol. The Labute approximate surface area is 145 Å². The number of nitrogens with zero attached hydrogens (tertiary/aromatic N) is 2. The first-order valence-electron chi connectivity index (χ1n) is 7.38. The normalized spacial score (nSPS) is 11.0. The van der Waals surface area contributed by atoms with Gasteiger partial charge in [-0.25, -0.2) is 9.97 Å². The van der Waals surface area contributed by atoms with Crippen molar-refractivity contribution in [2.24, 2.45) is 5.41 Å². The molecule has 1 aromatic heterocycles. The van der Waals surface area contributed by atoms with Gasteiger partial charge in [-0.1, -0.05) is 32.4 Å². The van der Waals surface area contributed by atoms with E-state index in [1.54, 1.807) is 25.1 Å². The number of nitrogens with one attached hydrogen (secondary N) is 2. The van der Waals surface area contributed by atoms with Crippen molar-refractivity contribution < 1.29 is 9.59 Å². The molecule has 0 saturated heterocycles. The van der Waals surface area contributed by atoms with Crippen molar-refractivity contribution >= 4 is 34.8 Å². The molecule has 0 aliphatic heterocycles. The monoisotopic (exact) mass is 346 g/mol. The first-order chi connectivity index (χ1) is 11.2. The van der Waals surface area contributed by atoms with Crippen molar-refractivity contribution in [1.29, 1.82) is 0 Å². The molecule has 2 amide bonds. The van der Waals surface area contributed by atoms with Crippen LogP contribution in [0.25, 0.3) is 0 Å². The summed E-state index contributed by atoms with van der Waals surface area (Å²) >= 11 is 6.18. The van der Waals surface area contributed by atoms with Crippen LogP contribution in [0.3, 0.4) is 0 Å². The zero-order valence-corrected chi connectivity index (χ0v) is 14.7. The van der Waals surface area contributed by atoms with Gasteiger partial charge in [-0.2, -0.15) is 0 Å². The van der Waals surface area contributed by atoms with Crippen LogP contribution in [0, 0.1) is 12.3 Å². The SMILES string of the molecule is Cc1ncc(C(=O)Nc2ccc(NC(=O)C(C)(C)C)c(Cl)c2)cn1. The van der Waals surface area contributed by atoms with Crippen LogP contribution in [0.4, 0.5) is 11.4 Å². The zero-order valence-electron chi connectivity index (χ0n) is 14.0. The molecule has 0 fully saturated rings. The summed E-state index contributed by atoms with van der Waals surface area (Å²) in [7, 11) is 0. The van der Waals surface area contributed by atoms with Gasteiger partial charge in [0.2, 0.25) is 5.91 Å². The highest BCUT2D eigenvalue weighted by Crippen LogP contribution is 2.27. The van der Waals surface area contributed by atoms with Crippen LogP contribution in [0.1, 0.15) is 37.0 Å². The number of hydrogen-bond acceptors (Lipinski definition) is 4. The fourth-order valence-electron chi connectivity index (χ4n) is 1.72. The smallest absolute Gasteiger partial charge is 0.258 e. The second-order valence-electron chi connectivity index (χ2n) is 6.37. The second kappa shape index (κ2) is 6.97. The summed E-state index contributed by atoms with van der Waals surface area (Å²) in [4.78, 5) is 32.1. The topological polar surface area (TPSA) is 84.0 Å². The molecule has 0 radical (unpaired) electrons. The largest absolute Gasteiger partial charge is 0.324 e. The zero-order chi connectivity index (χ0) is 17.9. The van der Waals surface area contributed by atoms with Crippen LogP contribution in [-0.2, 0) is 4.79 Å². The second-order valence-corrected chi connectivity index (χ2v) is 6.78. The molecule has 2 rings (SSSR count). The summed E-state index contributed by atoms with van der Waals surface area (Å²) < 4.78 is 0. The fourth-order valence-corrected chi connectivity index (χ4v) is 1.94. The van der Waals surface area contributed by atoms with E-state index < -0.39 is 5.41 Å². The van der Waals surface area contributed by atoms with Gasteiger partial charge in [0.25, 0.3) is 5.91 Å². The summed E-state index contributed by atoms with van der Waals surface area (Å²) in [5, 5.41) is 5.82. The van der Waals surface area contributed by atoms with E-state index in [9.17, 15) is 9.59 Å². The maximum atomic E-state index is 12.1. The quantitative estimate of drug-likeness (QED) is 0.888. The Morgan fingerprint density at radius 3 is 2.25 bits per heavy atom. The van der Waals surface area contributed by atoms with E-state index in [0.717, 1.165) is 0 Å². The Kier molecular flexibility index (Phi) is 5.19. The van der Waals surface area contributed by atoms with Crippen LogP contribution in [-0.4, -0.2) is 21.8 Å². The predicted octanol–water partition coefficient (Wildman–Crippen LogP) is 3.68. The fraction of sp³-hybridized carbons (Fsp3) is 0.294. The molecule has 0 saturated carbocycles. The third-order valence-corrected chi connectivity index (χ3v) is 3.51. The van der Waals surface area contributed by atoms with E-state index in [1.165, 1.54) is 12.4 Å². The molecule has 0 bridgehead atoms. The lowest BCUT2D eigenvalue weighted by Crippen LogP contribution is -2.27. The lowest BCUT2D eigenvalue weighted by molar-refractivity contribution is -0.123. The molecule has 2 aromatic rings. The van der Waals surface area contributed by atoms with Gasteiger partial charge in [-0.3, -0.25) is 9.59 Å². The molecule has 0 unspecified atom stereocenters. The van der Waals surface area contributed by atoms with Crippen LogP contribution in [0.2, 0.25) is 5.02 Å². The van der Waals surface area contributed by atoms with E-state index >= 15 is 0 Å². The van der Waals surface area contributed by atoms with Crippen molar-refractivity contribution in [1.82, 2.24) is 9.97 Å². The first kappa shape index (κ1) is 17.9. The molecule has 0 atom stereocenters. The lowest BCUT2D eigenvalue weighted by atomic mass is 9.95. The summed E-state index contributed by atoms with van der Waals surface area (Å²) in [6.45, 7) is 7.18. The number of benzene rings is 1. The number of aromatic nitrogens is 2. The van der Waals surface area contributed by atoms with E-state index in [1.807, 2.05) is 20.8 Å². The van der Waals surface area contributed by atoms with Gasteiger partial charge in [0.15, 0.2) is 0 Å². The molecule has 0 spiro atoms. The molecule has 24 heavy (non-hydrogen) atoms. The minimum atomic E-state index is -0.526. The van der Waals surface area contributed by atoms with Gasteiger partial charge in [0, 0.05) is 23.5 Å². The Morgan fingerprint density at radius 1 is 1.08 bits per heavy atom. The highest BCUT2D eigenvalue weighted by atomic mass is 35.5. The highest BCUT2D eigenvalue weighted by Gasteiger charge is 2.22. The Balaban J connectivity index is 2.10. The predicted molar refractivity (Wildman–Crippen MR) is 94.3 cm³/mol. The summed E-state index contributed by atoms with van der Waals surface area (Å²) in [6.07, 6.45) is 2.91.